The molecular formula is C17H27N3O. The maximum absolute atomic E-state index is 5.89. The molecule has 1 N–H and O–H groups in total. The molecular weight excluding hydrogens is 262 g/mol. The van der Waals surface area contributed by atoms with Crippen LogP contribution in [0.2, 0.25) is 0 Å². The van der Waals surface area contributed by atoms with E-state index in [4.69, 9.17) is 4.74 Å². The first kappa shape index (κ1) is 14.8. The van der Waals surface area contributed by atoms with Crippen LogP contribution in [0.1, 0.15) is 43.9 Å². The second-order valence-electron chi connectivity index (χ2n) is 6.21. The van der Waals surface area contributed by atoms with Gasteiger partial charge in [0.2, 0.25) is 5.88 Å². The molecule has 21 heavy (non-hydrogen) atoms. The number of hydrogen-bond acceptors (Lipinski definition) is 4. The molecule has 4 heteroatoms. The molecule has 4 nitrogen and oxygen atoms in total. The average Bonchev–Trinajstić information content (AvgIpc) is 3.20. The van der Waals surface area contributed by atoms with Crippen molar-refractivity contribution in [2.45, 2.75) is 51.6 Å². The van der Waals surface area contributed by atoms with Gasteiger partial charge in [0.05, 0.1) is 0 Å². The molecule has 2 fully saturated rings. The lowest BCUT2D eigenvalue weighted by Crippen LogP contribution is -2.25. The fourth-order valence-corrected chi connectivity index (χ4v) is 2.81. The van der Waals surface area contributed by atoms with Crippen LogP contribution in [-0.2, 0) is 13.0 Å². The van der Waals surface area contributed by atoms with Crippen molar-refractivity contribution in [3.05, 3.63) is 23.4 Å². The molecule has 2 heterocycles. The van der Waals surface area contributed by atoms with E-state index in [1.165, 1.54) is 44.3 Å². The Bertz CT molecular complexity index is 453. The van der Waals surface area contributed by atoms with E-state index < -0.39 is 0 Å². The summed E-state index contributed by atoms with van der Waals surface area (Å²) in [5, 5.41) is 3.56. The van der Waals surface area contributed by atoms with Crippen molar-refractivity contribution in [3.8, 4) is 5.88 Å². The van der Waals surface area contributed by atoms with Gasteiger partial charge in [-0.1, -0.05) is 6.92 Å². The molecule has 1 aliphatic heterocycles. The summed E-state index contributed by atoms with van der Waals surface area (Å²) in [6.45, 7) is 7.30. The van der Waals surface area contributed by atoms with E-state index >= 15 is 0 Å². The van der Waals surface area contributed by atoms with E-state index in [-0.39, 0.29) is 0 Å². The molecule has 1 saturated heterocycles. The average molecular weight is 289 g/mol. The van der Waals surface area contributed by atoms with Crippen molar-refractivity contribution in [2.75, 3.05) is 26.2 Å². The van der Waals surface area contributed by atoms with Crippen LogP contribution in [0.5, 0.6) is 5.88 Å². The number of rotatable bonds is 8. The van der Waals surface area contributed by atoms with Crippen molar-refractivity contribution in [3.63, 3.8) is 0 Å². The largest absolute Gasteiger partial charge is 0.476 e. The van der Waals surface area contributed by atoms with Gasteiger partial charge in [0.1, 0.15) is 6.61 Å². The minimum absolute atomic E-state index is 0.739. The summed E-state index contributed by atoms with van der Waals surface area (Å²) < 4.78 is 5.89. The maximum atomic E-state index is 5.89. The zero-order chi connectivity index (χ0) is 14.5. The number of aryl methyl sites for hydroxylation is 1. The van der Waals surface area contributed by atoms with Crippen molar-refractivity contribution < 1.29 is 4.74 Å². The Balaban J connectivity index is 1.52. The number of ether oxygens (including phenoxy) is 1. The molecule has 0 atom stereocenters. The van der Waals surface area contributed by atoms with Gasteiger partial charge in [-0.2, -0.15) is 0 Å². The SMILES string of the molecule is CCc1cc(CNC2CC2)cc(OCCN2CCCC2)n1. The van der Waals surface area contributed by atoms with Gasteiger partial charge in [-0.05, 0) is 56.8 Å². The van der Waals surface area contributed by atoms with Crippen LogP contribution in [0.4, 0.5) is 0 Å². The van der Waals surface area contributed by atoms with Crippen molar-refractivity contribution in [2.24, 2.45) is 0 Å². The minimum atomic E-state index is 0.739. The highest BCUT2D eigenvalue weighted by Gasteiger charge is 2.20. The normalized spacial score (nSPS) is 19.1. The smallest absolute Gasteiger partial charge is 0.213 e. The third kappa shape index (κ3) is 4.68. The highest BCUT2D eigenvalue weighted by atomic mass is 16.5. The maximum Gasteiger partial charge on any atom is 0.213 e. The highest BCUT2D eigenvalue weighted by molar-refractivity contribution is 5.25. The van der Waals surface area contributed by atoms with E-state index in [0.717, 1.165) is 43.7 Å². The summed E-state index contributed by atoms with van der Waals surface area (Å²) >= 11 is 0. The molecule has 0 unspecified atom stereocenters. The van der Waals surface area contributed by atoms with Crippen LogP contribution in [0.3, 0.4) is 0 Å². The Morgan fingerprint density at radius 3 is 2.81 bits per heavy atom. The summed E-state index contributed by atoms with van der Waals surface area (Å²) in [6.07, 6.45) is 6.27. The third-order valence-corrected chi connectivity index (χ3v) is 4.31. The van der Waals surface area contributed by atoms with Gasteiger partial charge in [-0.3, -0.25) is 4.90 Å². The van der Waals surface area contributed by atoms with Gasteiger partial charge < -0.3 is 10.1 Å². The second-order valence-corrected chi connectivity index (χ2v) is 6.21. The van der Waals surface area contributed by atoms with Gasteiger partial charge in [0.15, 0.2) is 0 Å². The van der Waals surface area contributed by atoms with Gasteiger partial charge in [0, 0.05) is 30.9 Å². The Kier molecular flexibility index (Phi) is 5.09. The number of likely N-dealkylation sites (tertiary alicyclic amines) is 1. The molecule has 0 amide bonds. The molecule has 1 aromatic rings. The predicted octanol–water partition coefficient (Wildman–Crippen LogP) is 2.37. The summed E-state index contributed by atoms with van der Waals surface area (Å²) in [6, 6.07) is 5.03. The number of nitrogens with zero attached hydrogens (tertiary/aromatic N) is 2. The molecule has 116 valence electrons. The van der Waals surface area contributed by atoms with Gasteiger partial charge in [-0.25, -0.2) is 4.98 Å². The first-order chi connectivity index (χ1) is 10.3. The van der Waals surface area contributed by atoms with Crippen LogP contribution in [0.25, 0.3) is 0 Å². The summed E-state index contributed by atoms with van der Waals surface area (Å²) in [5.74, 6) is 0.793. The van der Waals surface area contributed by atoms with Gasteiger partial charge in [0.25, 0.3) is 0 Å². The highest BCUT2D eigenvalue weighted by Crippen LogP contribution is 2.20. The molecule has 0 aromatic carbocycles. The molecule has 2 aliphatic rings. The molecule has 1 saturated carbocycles. The quantitative estimate of drug-likeness (QED) is 0.797. The van der Waals surface area contributed by atoms with Gasteiger partial charge in [-0.15, -0.1) is 0 Å². The Morgan fingerprint density at radius 2 is 2.10 bits per heavy atom. The van der Waals surface area contributed by atoms with Crippen molar-refractivity contribution in [1.82, 2.24) is 15.2 Å². The van der Waals surface area contributed by atoms with E-state index in [2.05, 4.69) is 34.3 Å². The lowest BCUT2D eigenvalue weighted by atomic mass is 10.2. The van der Waals surface area contributed by atoms with E-state index in [0.29, 0.717) is 0 Å². The minimum Gasteiger partial charge on any atom is -0.476 e. The number of aromatic nitrogens is 1. The summed E-state index contributed by atoms with van der Waals surface area (Å²) in [7, 11) is 0. The lowest BCUT2D eigenvalue weighted by Gasteiger charge is -2.15. The van der Waals surface area contributed by atoms with Crippen LogP contribution in [-0.4, -0.2) is 42.2 Å². The molecule has 1 aromatic heterocycles. The Hall–Kier alpha value is -1.13. The van der Waals surface area contributed by atoms with Crippen LogP contribution >= 0.6 is 0 Å². The summed E-state index contributed by atoms with van der Waals surface area (Å²) in [4.78, 5) is 7.06. The summed E-state index contributed by atoms with van der Waals surface area (Å²) in [5.41, 5.74) is 2.42. The fraction of sp³-hybridized carbons (Fsp3) is 0.706. The van der Waals surface area contributed by atoms with E-state index in [9.17, 15) is 0 Å². The molecule has 0 spiro atoms. The third-order valence-electron chi connectivity index (χ3n) is 4.31. The van der Waals surface area contributed by atoms with E-state index in [1.54, 1.807) is 0 Å². The predicted molar refractivity (Wildman–Crippen MR) is 84.6 cm³/mol. The van der Waals surface area contributed by atoms with Crippen LogP contribution in [0, 0.1) is 0 Å². The van der Waals surface area contributed by atoms with Gasteiger partial charge >= 0.3 is 0 Å². The molecule has 0 bridgehead atoms. The Morgan fingerprint density at radius 1 is 1.29 bits per heavy atom. The van der Waals surface area contributed by atoms with Crippen molar-refractivity contribution >= 4 is 0 Å². The Labute approximate surface area is 127 Å². The number of nitrogens with one attached hydrogen (secondary N) is 1. The monoisotopic (exact) mass is 289 g/mol. The topological polar surface area (TPSA) is 37.4 Å². The second kappa shape index (κ2) is 7.23. The fourth-order valence-electron chi connectivity index (χ4n) is 2.81. The molecule has 1 aliphatic carbocycles. The van der Waals surface area contributed by atoms with E-state index in [1.807, 2.05) is 0 Å². The first-order valence-electron chi connectivity index (χ1n) is 8.42. The molecule has 3 rings (SSSR count). The zero-order valence-corrected chi connectivity index (χ0v) is 13.1. The van der Waals surface area contributed by atoms with Crippen LogP contribution < -0.4 is 10.1 Å². The molecule has 0 radical (unpaired) electrons. The van der Waals surface area contributed by atoms with Crippen LogP contribution in [0.15, 0.2) is 12.1 Å². The standard InChI is InChI=1S/C17H27N3O/c1-2-15-11-14(13-18-16-5-6-16)12-17(19-15)21-10-9-20-7-3-4-8-20/h11-12,16,18H,2-10,13H2,1H3. The van der Waals surface area contributed by atoms with Crippen molar-refractivity contribution in [1.29, 1.82) is 0 Å². The lowest BCUT2D eigenvalue weighted by molar-refractivity contribution is 0.231. The number of pyridine rings is 1. The first-order valence-corrected chi connectivity index (χ1v) is 8.42. The zero-order valence-electron chi connectivity index (χ0n) is 13.1. The number of hydrogen-bond donors (Lipinski definition) is 1.